The van der Waals surface area contributed by atoms with Crippen LogP contribution in [-0.2, 0) is 6.42 Å². The Balaban J connectivity index is 1.48. The van der Waals surface area contributed by atoms with Crippen molar-refractivity contribution < 1.29 is 0 Å². The Kier molecular flexibility index (Phi) is 3.97. The van der Waals surface area contributed by atoms with Gasteiger partial charge in [0.2, 0.25) is 5.95 Å². The summed E-state index contributed by atoms with van der Waals surface area (Å²) in [6.45, 7) is 2.92. The van der Waals surface area contributed by atoms with Crippen molar-refractivity contribution in [2.24, 2.45) is 0 Å². The van der Waals surface area contributed by atoms with Gasteiger partial charge < -0.3 is 4.90 Å². The van der Waals surface area contributed by atoms with E-state index in [9.17, 15) is 4.79 Å². The molecule has 140 valence electrons. The number of anilines is 1. The molecule has 1 atom stereocenters. The Morgan fingerprint density at radius 1 is 1.11 bits per heavy atom. The summed E-state index contributed by atoms with van der Waals surface area (Å²) in [5.41, 5.74) is 3.67. The van der Waals surface area contributed by atoms with Gasteiger partial charge in [0.05, 0.1) is 5.69 Å². The van der Waals surface area contributed by atoms with Crippen LogP contribution in [0, 0.1) is 6.92 Å². The SMILES string of the molecule is Cc1ccccc1-n1cc2c(=O)[nH]c(N3CCC3Cc3ccccc3)nc2n1. The molecular weight excluding hydrogens is 350 g/mol. The van der Waals surface area contributed by atoms with Gasteiger partial charge >= 0.3 is 0 Å². The molecule has 6 heteroatoms. The minimum atomic E-state index is -0.148. The van der Waals surface area contributed by atoms with Crippen LogP contribution in [0.15, 0.2) is 65.6 Å². The van der Waals surface area contributed by atoms with Crippen molar-refractivity contribution >= 4 is 17.0 Å². The number of rotatable bonds is 4. The molecule has 2 aromatic heterocycles. The molecule has 5 rings (SSSR count). The van der Waals surface area contributed by atoms with Gasteiger partial charge in [-0.1, -0.05) is 48.5 Å². The number of nitrogens with zero attached hydrogens (tertiary/aromatic N) is 4. The smallest absolute Gasteiger partial charge is 0.263 e. The molecule has 3 heterocycles. The minimum Gasteiger partial charge on any atom is -0.339 e. The monoisotopic (exact) mass is 371 g/mol. The van der Waals surface area contributed by atoms with E-state index >= 15 is 0 Å². The number of hydrogen-bond acceptors (Lipinski definition) is 4. The molecule has 0 bridgehead atoms. The van der Waals surface area contributed by atoms with Gasteiger partial charge in [0, 0.05) is 18.8 Å². The lowest BCUT2D eigenvalue weighted by Crippen LogP contribution is -2.50. The van der Waals surface area contributed by atoms with E-state index in [4.69, 9.17) is 0 Å². The molecule has 0 aliphatic carbocycles. The summed E-state index contributed by atoms with van der Waals surface area (Å²) in [5.74, 6) is 0.611. The van der Waals surface area contributed by atoms with Crippen LogP contribution < -0.4 is 10.5 Å². The first kappa shape index (κ1) is 16.7. The predicted octanol–water partition coefficient (Wildman–Crippen LogP) is 3.24. The molecule has 1 aliphatic heterocycles. The first-order valence-electron chi connectivity index (χ1n) is 9.55. The number of aryl methyl sites for hydroxylation is 1. The highest BCUT2D eigenvalue weighted by Gasteiger charge is 2.30. The van der Waals surface area contributed by atoms with Crippen LogP contribution in [-0.4, -0.2) is 32.3 Å². The summed E-state index contributed by atoms with van der Waals surface area (Å²) < 4.78 is 1.74. The number of H-pyrrole nitrogens is 1. The molecule has 0 saturated carbocycles. The molecule has 1 fully saturated rings. The summed E-state index contributed by atoms with van der Waals surface area (Å²) in [5, 5.41) is 5.08. The molecule has 0 radical (unpaired) electrons. The molecule has 0 amide bonds. The fourth-order valence-electron chi connectivity index (χ4n) is 3.80. The second-order valence-electron chi connectivity index (χ2n) is 7.31. The van der Waals surface area contributed by atoms with Gasteiger partial charge in [-0.15, -0.1) is 5.10 Å². The summed E-state index contributed by atoms with van der Waals surface area (Å²) in [7, 11) is 0. The third-order valence-corrected chi connectivity index (χ3v) is 5.47. The maximum absolute atomic E-state index is 12.7. The zero-order chi connectivity index (χ0) is 19.1. The van der Waals surface area contributed by atoms with Crippen molar-refractivity contribution in [2.75, 3.05) is 11.4 Å². The Hall–Kier alpha value is -3.41. The van der Waals surface area contributed by atoms with Gasteiger partial charge in [0.15, 0.2) is 5.65 Å². The van der Waals surface area contributed by atoms with Gasteiger partial charge in [-0.05, 0) is 37.0 Å². The molecule has 0 spiro atoms. The van der Waals surface area contributed by atoms with Crippen LogP contribution >= 0.6 is 0 Å². The third-order valence-electron chi connectivity index (χ3n) is 5.47. The van der Waals surface area contributed by atoms with Crippen LogP contribution in [0.3, 0.4) is 0 Å². The molecule has 1 unspecified atom stereocenters. The Morgan fingerprint density at radius 2 is 1.89 bits per heavy atom. The predicted molar refractivity (Wildman–Crippen MR) is 110 cm³/mol. The normalized spacial score (nSPS) is 16.3. The number of fused-ring (bicyclic) bond motifs is 1. The highest BCUT2D eigenvalue weighted by atomic mass is 16.1. The van der Waals surface area contributed by atoms with E-state index in [1.165, 1.54) is 5.56 Å². The van der Waals surface area contributed by atoms with E-state index in [1.54, 1.807) is 10.9 Å². The van der Waals surface area contributed by atoms with Crippen molar-refractivity contribution in [3.8, 4) is 5.69 Å². The van der Waals surface area contributed by atoms with E-state index in [0.717, 1.165) is 30.6 Å². The maximum atomic E-state index is 12.7. The fourth-order valence-corrected chi connectivity index (χ4v) is 3.80. The minimum absolute atomic E-state index is 0.148. The number of hydrogen-bond donors (Lipinski definition) is 1. The van der Waals surface area contributed by atoms with Crippen molar-refractivity contribution in [2.45, 2.75) is 25.8 Å². The van der Waals surface area contributed by atoms with Crippen LogP contribution in [0.5, 0.6) is 0 Å². The molecule has 1 aliphatic rings. The largest absolute Gasteiger partial charge is 0.339 e. The Labute approximate surface area is 162 Å². The Morgan fingerprint density at radius 3 is 2.64 bits per heavy atom. The highest BCUT2D eigenvalue weighted by molar-refractivity contribution is 5.75. The second-order valence-corrected chi connectivity index (χ2v) is 7.31. The molecule has 2 aromatic carbocycles. The van der Waals surface area contributed by atoms with E-state index in [0.29, 0.717) is 23.0 Å². The summed E-state index contributed by atoms with van der Waals surface area (Å²) >= 11 is 0. The summed E-state index contributed by atoms with van der Waals surface area (Å²) in [6, 6.07) is 18.7. The van der Waals surface area contributed by atoms with Gasteiger partial charge in [-0.2, -0.15) is 4.98 Å². The average molecular weight is 371 g/mol. The first-order chi connectivity index (χ1) is 13.7. The van der Waals surface area contributed by atoms with Gasteiger partial charge in [0.1, 0.15) is 5.39 Å². The highest BCUT2D eigenvalue weighted by Crippen LogP contribution is 2.26. The van der Waals surface area contributed by atoms with Crippen LogP contribution in [0.1, 0.15) is 17.5 Å². The third kappa shape index (κ3) is 2.87. The molecule has 1 N–H and O–H groups in total. The topological polar surface area (TPSA) is 66.8 Å². The Bertz CT molecular complexity index is 1190. The zero-order valence-corrected chi connectivity index (χ0v) is 15.7. The van der Waals surface area contributed by atoms with Crippen molar-refractivity contribution in [3.63, 3.8) is 0 Å². The lowest BCUT2D eigenvalue weighted by molar-refractivity contribution is 0.437. The number of aromatic nitrogens is 4. The lowest BCUT2D eigenvalue weighted by Gasteiger charge is -2.41. The number of nitrogens with one attached hydrogen (secondary N) is 1. The summed E-state index contributed by atoms with van der Waals surface area (Å²) in [4.78, 5) is 22.4. The molecule has 4 aromatic rings. The number of aromatic amines is 1. The number of benzene rings is 2. The molecule has 1 saturated heterocycles. The van der Waals surface area contributed by atoms with E-state index in [1.807, 2.05) is 37.3 Å². The van der Waals surface area contributed by atoms with Crippen LogP contribution in [0.4, 0.5) is 5.95 Å². The van der Waals surface area contributed by atoms with Crippen LogP contribution in [0.25, 0.3) is 16.7 Å². The van der Waals surface area contributed by atoms with E-state index in [2.05, 4.69) is 44.2 Å². The molecule has 28 heavy (non-hydrogen) atoms. The zero-order valence-electron chi connectivity index (χ0n) is 15.7. The van der Waals surface area contributed by atoms with Crippen molar-refractivity contribution in [1.82, 2.24) is 19.7 Å². The van der Waals surface area contributed by atoms with Crippen LogP contribution in [0.2, 0.25) is 0 Å². The summed E-state index contributed by atoms with van der Waals surface area (Å²) in [6.07, 6.45) is 3.79. The standard InChI is InChI=1S/C22H21N5O/c1-15-7-5-6-10-19(15)27-14-18-20(25-27)23-22(24-21(18)28)26-12-11-17(26)13-16-8-3-2-4-9-16/h2-10,14,17H,11-13H2,1H3,(H,23,24,25,28). The molecule has 6 nitrogen and oxygen atoms in total. The van der Waals surface area contributed by atoms with Gasteiger partial charge in [-0.25, -0.2) is 4.68 Å². The van der Waals surface area contributed by atoms with E-state index in [-0.39, 0.29) is 5.56 Å². The molecular formula is C22H21N5O. The van der Waals surface area contributed by atoms with Gasteiger partial charge in [0.25, 0.3) is 5.56 Å². The maximum Gasteiger partial charge on any atom is 0.263 e. The first-order valence-corrected chi connectivity index (χ1v) is 9.55. The van der Waals surface area contributed by atoms with Gasteiger partial charge in [-0.3, -0.25) is 9.78 Å². The van der Waals surface area contributed by atoms with E-state index < -0.39 is 0 Å². The van der Waals surface area contributed by atoms with Crippen molar-refractivity contribution in [1.29, 1.82) is 0 Å². The fraction of sp³-hybridized carbons (Fsp3) is 0.227. The van der Waals surface area contributed by atoms with Crippen molar-refractivity contribution in [3.05, 3.63) is 82.3 Å². The quantitative estimate of drug-likeness (QED) is 0.598. The lowest BCUT2D eigenvalue weighted by atomic mass is 9.96. The second kappa shape index (κ2) is 6.64. The average Bonchev–Trinajstić information content (AvgIpc) is 3.11. The number of para-hydroxylation sites is 1.